The number of phosphoric acid groups is 1. The number of allylic oxidation sites excluding steroid dienone is 10. The molecule has 0 aliphatic heterocycles. The van der Waals surface area contributed by atoms with E-state index in [-0.39, 0.29) is 32.0 Å². The second kappa shape index (κ2) is 58.4. The summed E-state index contributed by atoms with van der Waals surface area (Å²) in [5, 5.41) is 0. The summed E-state index contributed by atoms with van der Waals surface area (Å²) in [7, 11) is 1.17. The summed E-state index contributed by atoms with van der Waals surface area (Å²) in [5.41, 5.74) is 0. The highest BCUT2D eigenvalue weighted by atomic mass is 31.2. The van der Waals surface area contributed by atoms with Gasteiger partial charge < -0.3 is 27.9 Å². The van der Waals surface area contributed by atoms with Crippen molar-refractivity contribution >= 4 is 19.8 Å². The molecule has 0 aromatic heterocycles. The van der Waals surface area contributed by atoms with Crippen molar-refractivity contribution in [1.29, 1.82) is 0 Å². The molecule has 77 heavy (non-hydrogen) atoms. The first kappa shape index (κ1) is 74.7. The molecule has 0 radical (unpaired) electrons. The van der Waals surface area contributed by atoms with Crippen molar-refractivity contribution in [1.82, 2.24) is 0 Å². The van der Waals surface area contributed by atoms with Crippen molar-refractivity contribution in [3.05, 3.63) is 60.8 Å². The Kier molecular flexibility index (Phi) is 56.6. The number of likely N-dealkylation sites (N-methyl/N-ethyl adjacent to an activating group) is 1. The number of hydrogen-bond donors (Lipinski definition) is 0. The summed E-state index contributed by atoms with van der Waals surface area (Å²) in [5.74, 6) is -0.825. The molecular formula is C67H124NO8P. The summed E-state index contributed by atoms with van der Waals surface area (Å²) >= 11 is 0. The summed E-state index contributed by atoms with van der Waals surface area (Å²) < 4.78 is 34.2. The molecule has 0 amide bonds. The second-order valence-corrected chi connectivity index (χ2v) is 24.5. The number of quaternary nitrogens is 1. The summed E-state index contributed by atoms with van der Waals surface area (Å²) in [6.45, 7) is 4.16. The Balaban J connectivity index is 3.99. The van der Waals surface area contributed by atoms with Gasteiger partial charge in [0.15, 0.2) is 6.10 Å². The molecule has 0 aromatic rings. The lowest BCUT2D eigenvalue weighted by Crippen LogP contribution is -2.37. The van der Waals surface area contributed by atoms with Crippen molar-refractivity contribution in [3.8, 4) is 0 Å². The van der Waals surface area contributed by atoms with Crippen LogP contribution in [0.5, 0.6) is 0 Å². The van der Waals surface area contributed by atoms with E-state index in [4.69, 9.17) is 18.5 Å². The van der Waals surface area contributed by atoms with Crippen LogP contribution in [0.4, 0.5) is 0 Å². The predicted octanol–water partition coefficient (Wildman–Crippen LogP) is 20.0. The smallest absolute Gasteiger partial charge is 0.306 e. The maximum atomic E-state index is 12.8. The summed E-state index contributed by atoms with van der Waals surface area (Å²) in [6.07, 6.45) is 75.8. The Hall–Kier alpha value is -2.29. The van der Waals surface area contributed by atoms with E-state index in [0.29, 0.717) is 17.4 Å². The number of rotatable bonds is 60. The van der Waals surface area contributed by atoms with Crippen LogP contribution in [0.3, 0.4) is 0 Å². The molecule has 0 aliphatic carbocycles. The molecule has 0 saturated carbocycles. The van der Waals surface area contributed by atoms with Gasteiger partial charge in [0.2, 0.25) is 0 Å². The first-order valence-electron chi connectivity index (χ1n) is 32.5. The maximum Gasteiger partial charge on any atom is 0.306 e. The normalized spacial score (nSPS) is 13.6. The molecule has 2 atom stereocenters. The van der Waals surface area contributed by atoms with E-state index in [1.54, 1.807) is 0 Å². The summed E-state index contributed by atoms with van der Waals surface area (Å²) in [6, 6.07) is 0. The van der Waals surface area contributed by atoms with Gasteiger partial charge in [-0.2, -0.15) is 0 Å². The third-order valence-corrected chi connectivity index (χ3v) is 15.2. The van der Waals surface area contributed by atoms with E-state index < -0.39 is 26.5 Å². The average Bonchev–Trinajstić information content (AvgIpc) is 3.39. The number of esters is 2. The van der Waals surface area contributed by atoms with Gasteiger partial charge in [0.05, 0.1) is 27.7 Å². The van der Waals surface area contributed by atoms with Crippen LogP contribution < -0.4 is 4.89 Å². The van der Waals surface area contributed by atoms with Crippen LogP contribution in [-0.2, 0) is 32.7 Å². The molecule has 0 bridgehead atoms. The summed E-state index contributed by atoms with van der Waals surface area (Å²) in [4.78, 5) is 37.9. The maximum absolute atomic E-state index is 12.8. The minimum absolute atomic E-state index is 0.0304. The van der Waals surface area contributed by atoms with E-state index in [2.05, 4.69) is 74.6 Å². The Morgan fingerprint density at radius 2 is 0.740 bits per heavy atom. The number of phosphoric ester groups is 1. The van der Waals surface area contributed by atoms with E-state index in [9.17, 15) is 19.0 Å². The molecule has 0 saturated heterocycles. The molecule has 2 unspecified atom stereocenters. The number of hydrogen-bond acceptors (Lipinski definition) is 8. The first-order valence-corrected chi connectivity index (χ1v) is 34.0. The molecule has 0 heterocycles. The quantitative estimate of drug-likeness (QED) is 0.0195. The highest BCUT2D eigenvalue weighted by molar-refractivity contribution is 7.45. The predicted molar refractivity (Wildman–Crippen MR) is 328 cm³/mol. The zero-order valence-corrected chi connectivity index (χ0v) is 52.1. The van der Waals surface area contributed by atoms with Crippen molar-refractivity contribution < 1.29 is 42.1 Å². The topological polar surface area (TPSA) is 111 Å². The van der Waals surface area contributed by atoms with Gasteiger partial charge in [-0.05, 0) is 77.0 Å². The first-order chi connectivity index (χ1) is 37.5. The second-order valence-electron chi connectivity index (χ2n) is 23.1. The van der Waals surface area contributed by atoms with Crippen LogP contribution in [0.15, 0.2) is 60.8 Å². The zero-order valence-electron chi connectivity index (χ0n) is 51.2. The van der Waals surface area contributed by atoms with Gasteiger partial charge >= 0.3 is 11.9 Å². The lowest BCUT2D eigenvalue weighted by molar-refractivity contribution is -0.870. The van der Waals surface area contributed by atoms with Crippen LogP contribution >= 0.6 is 7.82 Å². The number of carbonyl (C=O) groups excluding carboxylic acids is 2. The van der Waals surface area contributed by atoms with Crippen molar-refractivity contribution in [3.63, 3.8) is 0 Å². The van der Waals surface area contributed by atoms with Gasteiger partial charge in [-0.3, -0.25) is 14.2 Å². The number of unbranched alkanes of at least 4 members (excludes halogenated alkanes) is 36. The molecule has 0 fully saturated rings. The van der Waals surface area contributed by atoms with Crippen molar-refractivity contribution in [2.24, 2.45) is 0 Å². The van der Waals surface area contributed by atoms with Crippen LogP contribution in [0, 0.1) is 0 Å². The standard InChI is InChI=1S/C67H124NO8P/c1-6-8-10-12-14-16-18-20-22-24-26-27-28-29-30-31-32-33-34-35-36-37-38-39-40-41-42-44-46-48-50-52-54-56-58-60-67(70)76-65(64-75-77(71,72)74-62-61-68(3,4)5)63-73-66(69)59-57-55-53-51-49-47-45-43-25-23-21-19-17-15-13-11-9-7-2/h8,10,14,16,20,22-23,25-27,65H,6-7,9,11-13,15,17-19,21,24,28-64H2,1-5H3/b10-8-,16-14-,22-20-,25-23-,27-26-. The fourth-order valence-electron chi connectivity index (χ4n) is 9.29. The fourth-order valence-corrected chi connectivity index (χ4v) is 10.0. The van der Waals surface area contributed by atoms with Gasteiger partial charge in [-0.15, -0.1) is 0 Å². The minimum atomic E-state index is -4.64. The average molecular weight is 1100 g/mol. The molecule has 0 spiro atoms. The van der Waals surface area contributed by atoms with E-state index >= 15 is 0 Å². The van der Waals surface area contributed by atoms with Crippen LogP contribution in [-0.4, -0.2) is 70.0 Å². The molecule has 0 aliphatic rings. The molecule has 9 nitrogen and oxygen atoms in total. The molecule has 0 N–H and O–H groups in total. The Labute approximate surface area is 476 Å². The highest BCUT2D eigenvalue weighted by Crippen LogP contribution is 2.38. The molecule has 0 aromatic carbocycles. The van der Waals surface area contributed by atoms with E-state index in [0.717, 1.165) is 70.6 Å². The van der Waals surface area contributed by atoms with Gasteiger partial charge in [-0.1, -0.05) is 274 Å². The van der Waals surface area contributed by atoms with Crippen LogP contribution in [0.2, 0.25) is 0 Å². The lowest BCUT2D eigenvalue weighted by atomic mass is 10.0. The van der Waals surface area contributed by atoms with Crippen molar-refractivity contribution in [2.75, 3.05) is 47.5 Å². The van der Waals surface area contributed by atoms with E-state index in [1.807, 2.05) is 21.1 Å². The minimum Gasteiger partial charge on any atom is -0.756 e. The molecule has 450 valence electrons. The van der Waals surface area contributed by atoms with Crippen LogP contribution in [0.25, 0.3) is 0 Å². The SMILES string of the molecule is CC/C=C\C/C=C\C/C=C\C/C=C\CCCCCCCCCCCCCCCCCCCCCCCCC(=O)OC(COC(=O)CCCCCCCCC/C=C\CCCCCCCCC)COP(=O)([O-])OCC[N+](C)(C)C. The third kappa shape index (κ3) is 62.8. The number of ether oxygens (including phenoxy) is 2. The van der Waals surface area contributed by atoms with Crippen LogP contribution in [0.1, 0.15) is 303 Å². The van der Waals surface area contributed by atoms with E-state index in [1.165, 1.54) is 199 Å². The molecule has 0 rings (SSSR count). The Morgan fingerprint density at radius 1 is 0.416 bits per heavy atom. The van der Waals surface area contributed by atoms with Gasteiger partial charge in [0.1, 0.15) is 19.8 Å². The zero-order chi connectivity index (χ0) is 56.3. The molecule has 10 heteroatoms. The third-order valence-electron chi connectivity index (χ3n) is 14.3. The van der Waals surface area contributed by atoms with Gasteiger partial charge in [0.25, 0.3) is 7.82 Å². The monoisotopic (exact) mass is 1100 g/mol. The lowest BCUT2D eigenvalue weighted by Gasteiger charge is -2.28. The highest BCUT2D eigenvalue weighted by Gasteiger charge is 2.22. The van der Waals surface area contributed by atoms with Gasteiger partial charge in [-0.25, -0.2) is 0 Å². The Bertz CT molecular complexity index is 1480. The molecular weight excluding hydrogens is 978 g/mol. The number of carbonyl (C=O) groups is 2. The van der Waals surface area contributed by atoms with Gasteiger partial charge in [0, 0.05) is 12.8 Å². The number of nitrogens with zero attached hydrogens (tertiary/aromatic N) is 1. The Morgan fingerprint density at radius 3 is 1.12 bits per heavy atom. The fraction of sp³-hybridized carbons (Fsp3) is 0.821. The largest absolute Gasteiger partial charge is 0.756 e. The van der Waals surface area contributed by atoms with Crippen molar-refractivity contribution in [2.45, 2.75) is 309 Å².